The van der Waals surface area contributed by atoms with Gasteiger partial charge in [0.05, 0.1) is 11.1 Å². The Hall–Kier alpha value is -0.540. The van der Waals surface area contributed by atoms with Crippen molar-refractivity contribution in [3.8, 4) is 5.75 Å². The maximum absolute atomic E-state index is 5.67. The summed E-state index contributed by atoms with van der Waals surface area (Å²) in [6.07, 6.45) is 1.88. The molecule has 14 heavy (non-hydrogen) atoms. The molecular weight excluding hydrogens is 242 g/mol. The molecule has 0 radical (unpaired) electrons. The van der Waals surface area contributed by atoms with Crippen molar-refractivity contribution in [2.75, 3.05) is 13.2 Å². The van der Waals surface area contributed by atoms with Gasteiger partial charge in [-0.3, -0.25) is 0 Å². The normalized spacial score (nSPS) is 10.2. The standard InChI is InChI=1S/C11H16BrNO/c1-2-8-14-11-9(6-7-13)4-3-5-10(11)12/h3-5H,2,6-8,13H2,1H3. The van der Waals surface area contributed by atoms with Gasteiger partial charge in [-0.15, -0.1) is 0 Å². The van der Waals surface area contributed by atoms with Crippen LogP contribution in [0.2, 0.25) is 0 Å². The minimum absolute atomic E-state index is 0.652. The van der Waals surface area contributed by atoms with Crippen molar-refractivity contribution in [1.29, 1.82) is 0 Å². The highest BCUT2D eigenvalue weighted by Gasteiger charge is 2.06. The molecule has 0 saturated carbocycles. The number of para-hydroxylation sites is 1. The van der Waals surface area contributed by atoms with Gasteiger partial charge >= 0.3 is 0 Å². The first-order valence-electron chi connectivity index (χ1n) is 4.89. The summed E-state index contributed by atoms with van der Waals surface area (Å²) in [5, 5.41) is 0. The summed E-state index contributed by atoms with van der Waals surface area (Å²) in [7, 11) is 0. The molecule has 0 fully saturated rings. The summed E-state index contributed by atoms with van der Waals surface area (Å²) in [5.74, 6) is 0.944. The van der Waals surface area contributed by atoms with E-state index < -0.39 is 0 Å². The highest BCUT2D eigenvalue weighted by atomic mass is 79.9. The van der Waals surface area contributed by atoms with Crippen molar-refractivity contribution in [3.63, 3.8) is 0 Å². The van der Waals surface area contributed by atoms with Gasteiger partial charge in [0.25, 0.3) is 0 Å². The molecule has 1 aromatic rings. The lowest BCUT2D eigenvalue weighted by molar-refractivity contribution is 0.312. The average molecular weight is 258 g/mol. The molecule has 1 aromatic carbocycles. The maximum atomic E-state index is 5.67. The molecule has 0 unspecified atom stereocenters. The maximum Gasteiger partial charge on any atom is 0.136 e. The Balaban J connectivity index is 2.84. The number of hydrogen-bond acceptors (Lipinski definition) is 2. The molecule has 0 amide bonds. The van der Waals surface area contributed by atoms with E-state index in [0.29, 0.717) is 6.54 Å². The lowest BCUT2D eigenvalue weighted by Gasteiger charge is -2.11. The van der Waals surface area contributed by atoms with Crippen LogP contribution in [0.3, 0.4) is 0 Å². The van der Waals surface area contributed by atoms with Crippen molar-refractivity contribution in [2.24, 2.45) is 5.73 Å². The van der Waals surface area contributed by atoms with Crippen molar-refractivity contribution < 1.29 is 4.74 Å². The monoisotopic (exact) mass is 257 g/mol. The SMILES string of the molecule is CCCOc1c(Br)cccc1CCN. The third kappa shape index (κ3) is 3.00. The first-order chi connectivity index (χ1) is 6.79. The molecule has 0 spiro atoms. The zero-order valence-electron chi connectivity index (χ0n) is 8.42. The second-order valence-corrected chi connectivity index (χ2v) is 3.97. The smallest absolute Gasteiger partial charge is 0.136 e. The van der Waals surface area contributed by atoms with Crippen molar-refractivity contribution in [2.45, 2.75) is 19.8 Å². The molecule has 1 rings (SSSR count). The summed E-state index contributed by atoms with van der Waals surface area (Å²) in [5.41, 5.74) is 6.71. The molecule has 0 aliphatic heterocycles. The highest BCUT2D eigenvalue weighted by Crippen LogP contribution is 2.29. The first kappa shape index (κ1) is 11.5. The summed E-state index contributed by atoms with van der Waals surface area (Å²) >= 11 is 3.48. The lowest BCUT2D eigenvalue weighted by Crippen LogP contribution is -2.06. The summed E-state index contributed by atoms with van der Waals surface area (Å²) in [4.78, 5) is 0. The molecule has 2 N–H and O–H groups in total. The Morgan fingerprint density at radius 3 is 2.86 bits per heavy atom. The molecular formula is C11H16BrNO. The van der Waals surface area contributed by atoms with Crippen molar-refractivity contribution in [3.05, 3.63) is 28.2 Å². The molecule has 0 heterocycles. The van der Waals surface area contributed by atoms with Gasteiger partial charge in [0.1, 0.15) is 5.75 Å². The van der Waals surface area contributed by atoms with Crippen LogP contribution >= 0.6 is 15.9 Å². The fourth-order valence-electron chi connectivity index (χ4n) is 1.27. The van der Waals surface area contributed by atoms with Gasteiger partial charge in [-0.05, 0) is 46.9 Å². The van der Waals surface area contributed by atoms with Crippen LogP contribution in [0.5, 0.6) is 5.75 Å². The predicted octanol–water partition coefficient (Wildman–Crippen LogP) is 2.74. The molecule has 0 atom stereocenters. The van der Waals surface area contributed by atoms with Gasteiger partial charge in [-0.1, -0.05) is 19.1 Å². The van der Waals surface area contributed by atoms with E-state index >= 15 is 0 Å². The van der Waals surface area contributed by atoms with E-state index in [0.717, 1.165) is 29.7 Å². The molecule has 0 aromatic heterocycles. The summed E-state index contributed by atoms with van der Waals surface area (Å²) < 4.78 is 6.68. The van der Waals surface area contributed by atoms with E-state index in [9.17, 15) is 0 Å². The summed E-state index contributed by atoms with van der Waals surface area (Å²) in [6, 6.07) is 6.06. The average Bonchev–Trinajstić information content (AvgIpc) is 2.18. The summed E-state index contributed by atoms with van der Waals surface area (Å²) in [6.45, 7) is 3.50. The van der Waals surface area contributed by atoms with Crippen molar-refractivity contribution >= 4 is 15.9 Å². The second kappa shape index (κ2) is 6.04. The molecule has 2 nitrogen and oxygen atoms in total. The van der Waals surface area contributed by atoms with Gasteiger partial charge in [-0.2, -0.15) is 0 Å². The van der Waals surface area contributed by atoms with Crippen LogP contribution in [-0.4, -0.2) is 13.2 Å². The van der Waals surface area contributed by atoms with Gasteiger partial charge in [0.2, 0.25) is 0 Å². The molecule has 0 aliphatic carbocycles. The van der Waals surface area contributed by atoms with Crippen LogP contribution in [0.25, 0.3) is 0 Å². The van der Waals surface area contributed by atoms with Gasteiger partial charge < -0.3 is 10.5 Å². The molecule has 78 valence electrons. The van der Waals surface area contributed by atoms with Crippen LogP contribution in [0.1, 0.15) is 18.9 Å². The molecule has 3 heteroatoms. The topological polar surface area (TPSA) is 35.2 Å². The molecule has 0 saturated heterocycles. The number of nitrogens with two attached hydrogens (primary N) is 1. The zero-order valence-corrected chi connectivity index (χ0v) is 10.0. The van der Waals surface area contributed by atoms with E-state index in [1.807, 2.05) is 12.1 Å². The number of hydrogen-bond donors (Lipinski definition) is 1. The van der Waals surface area contributed by atoms with Crippen molar-refractivity contribution in [1.82, 2.24) is 0 Å². The first-order valence-corrected chi connectivity index (χ1v) is 5.69. The van der Waals surface area contributed by atoms with E-state index in [1.165, 1.54) is 5.56 Å². The Bertz CT molecular complexity index is 289. The zero-order chi connectivity index (χ0) is 10.4. The molecule has 0 aliphatic rings. The van der Waals surface area contributed by atoms with Gasteiger partial charge in [0, 0.05) is 0 Å². The Morgan fingerprint density at radius 1 is 1.43 bits per heavy atom. The van der Waals surface area contributed by atoms with E-state index in [2.05, 4.69) is 28.9 Å². The fraction of sp³-hybridized carbons (Fsp3) is 0.455. The van der Waals surface area contributed by atoms with Crippen LogP contribution in [0, 0.1) is 0 Å². The predicted molar refractivity (Wildman–Crippen MR) is 62.7 cm³/mol. The minimum Gasteiger partial charge on any atom is -0.492 e. The van der Waals surface area contributed by atoms with E-state index in [1.54, 1.807) is 0 Å². The largest absolute Gasteiger partial charge is 0.492 e. The number of ether oxygens (including phenoxy) is 1. The Morgan fingerprint density at radius 2 is 2.21 bits per heavy atom. The lowest BCUT2D eigenvalue weighted by atomic mass is 10.1. The second-order valence-electron chi connectivity index (χ2n) is 3.12. The third-order valence-electron chi connectivity index (χ3n) is 1.91. The van der Waals surface area contributed by atoms with Crippen LogP contribution in [0.4, 0.5) is 0 Å². The van der Waals surface area contributed by atoms with Gasteiger partial charge in [-0.25, -0.2) is 0 Å². The Kier molecular flexibility index (Phi) is 4.98. The highest BCUT2D eigenvalue weighted by molar-refractivity contribution is 9.10. The third-order valence-corrected chi connectivity index (χ3v) is 2.54. The fourth-order valence-corrected chi connectivity index (χ4v) is 1.79. The number of rotatable bonds is 5. The molecule has 0 bridgehead atoms. The van der Waals surface area contributed by atoms with Crippen LogP contribution < -0.4 is 10.5 Å². The quantitative estimate of drug-likeness (QED) is 0.881. The number of benzene rings is 1. The van der Waals surface area contributed by atoms with Crippen LogP contribution in [0.15, 0.2) is 22.7 Å². The number of halogens is 1. The minimum atomic E-state index is 0.652. The van der Waals surface area contributed by atoms with E-state index in [-0.39, 0.29) is 0 Å². The van der Waals surface area contributed by atoms with E-state index in [4.69, 9.17) is 10.5 Å². The van der Waals surface area contributed by atoms with Crippen LogP contribution in [-0.2, 0) is 6.42 Å². The Labute approximate surface area is 93.6 Å². The van der Waals surface area contributed by atoms with Gasteiger partial charge in [0.15, 0.2) is 0 Å².